The van der Waals surface area contributed by atoms with Crippen molar-refractivity contribution < 1.29 is 4.21 Å². The standard InChI is InChI=1S/C6H16N4OS/c1-9(2)12(7,11)10-5-3-8-4-6-10/h7-8H,3-6H2,1-2H3. The van der Waals surface area contributed by atoms with Crippen LogP contribution in [0.3, 0.4) is 0 Å². The van der Waals surface area contributed by atoms with E-state index in [2.05, 4.69) is 5.32 Å². The van der Waals surface area contributed by atoms with Crippen LogP contribution in [0.5, 0.6) is 0 Å². The molecule has 1 unspecified atom stereocenters. The maximum atomic E-state index is 11.7. The Morgan fingerprint density at radius 2 is 1.92 bits per heavy atom. The fourth-order valence-electron chi connectivity index (χ4n) is 1.12. The second-order valence-electron chi connectivity index (χ2n) is 2.99. The van der Waals surface area contributed by atoms with Crippen LogP contribution in [0, 0.1) is 4.78 Å². The minimum atomic E-state index is -2.67. The third kappa shape index (κ3) is 1.95. The monoisotopic (exact) mass is 192 g/mol. The molecule has 1 fully saturated rings. The molecule has 0 bridgehead atoms. The second-order valence-corrected chi connectivity index (χ2v) is 5.23. The van der Waals surface area contributed by atoms with Crippen molar-refractivity contribution in [1.82, 2.24) is 13.9 Å². The van der Waals surface area contributed by atoms with Crippen LogP contribution in [0.2, 0.25) is 0 Å². The molecule has 12 heavy (non-hydrogen) atoms. The van der Waals surface area contributed by atoms with E-state index in [4.69, 9.17) is 4.78 Å². The average molecular weight is 192 g/mol. The summed E-state index contributed by atoms with van der Waals surface area (Å²) in [5.41, 5.74) is 0. The Labute approximate surface area is 74.0 Å². The molecular formula is C6H16N4OS. The van der Waals surface area contributed by atoms with E-state index in [-0.39, 0.29) is 0 Å². The Hall–Kier alpha value is -0.170. The highest BCUT2D eigenvalue weighted by atomic mass is 32.2. The van der Waals surface area contributed by atoms with Gasteiger partial charge in [0.2, 0.25) is 0 Å². The van der Waals surface area contributed by atoms with Crippen molar-refractivity contribution in [1.29, 1.82) is 4.78 Å². The van der Waals surface area contributed by atoms with E-state index in [9.17, 15) is 4.21 Å². The van der Waals surface area contributed by atoms with Crippen molar-refractivity contribution in [3.63, 3.8) is 0 Å². The van der Waals surface area contributed by atoms with Crippen LogP contribution in [0.25, 0.3) is 0 Å². The lowest BCUT2D eigenvalue weighted by molar-refractivity contribution is 0.356. The van der Waals surface area contributed by atoms with Crippen molar-refractivity contribution in [3.05, 3.63) is 0 Å². The molecule has 1 saturated heterocycles. The van der Waals surface area contributed by atoms with Crippen LogP contribution in [0.15, 0.2) is 0 Å². The number of rotatable bonds is 2. The van der Waals surface area contributed by atoms with Crippen molar-refractivity contribution in [3.8, 4) is 0 Å². The third-order valence-corrected chi connectivity index (χ3v) is 3.98. The van der Waals surface area contributed by atoms with Gasteiger partial charge >= 0.3 is 0 Å². The average Bonchev–Trinajstić information content (AvgIpc) is 2.06. The van der Waals surface area contributed by atoms with E-state index >= 15 is 0 Å². The first kappa shape index (κ1) is 9.91. The largest absolute Gasteiger partial charge is 0.314 e. The maximum Gasteiger partial charge on any atom is 0.174 e. The van der Waals surface area contributed by atoms with E-state index in [0.29, 0.717) is 13.1 Å². The molecule has 1 rings (SSSR count). The zero-order valence-electron chi connectivity index (χ0n) is 7.54. The molecule has 0 saturated carbocycles. The molecule has 1 aliphatic rings. The number of nitrogens with one attached hydrogen (secondary N) is 2. The predicted octanol–water partition coefficient (Wildman–Crippen LogP) is -0.670. The maximum absolute atomic E-state index is 11.7. The highest BCUT2D eigenvalue weighted by molar-refractivity contribution is 7.87. The van der Waals surface area contributed by atoms with Gasteiger partial charge in [0.1, 0.15) is 0 Å². The van der Waals surface area contributed by atoms with Gasteiger partial charge in [0.05, 0.1) is 0 Å². The quantitative estimate of drug-likeness (QED) is 0.609. The van der Waals surface area contributed by atoms with Crippen molar-refractivity contribution in [2.75, 3.05) is 40.3 Å². The summed E-state index contributed by atoms with van der Waals surface area (Å²) in [6.45, 7) is 3.04. The minimum Gasteiger partial charge on any atom is -0.314 e. The van der Waals surface area contributed by atoms with E-state index < -0.39 is 10.1 Å². The van der Waals surface area contributed by atoms with Gasteiger partial charge in [0.15, 0.2) is 10.1 Å². The Morgan fingerprint density at radius 3 is 2.33 bits per heavy atom. The van der Waals surface area contributed by atoms with Crippen LogP contribution in [0.4, 0.5) is 0 Å². The van der Waals surface area contributed by atoms with Crippen molar-refractivity contribution >= 4 is 10.1 Å². The SMILES string of the molecule is CN(C)S(=N)(=O)N1CCNCC1. The van der Waals surface area contributed by atoms with Gasteiger partial charge in [-0.1, -0.05) is 0 Å². The molecule has 0 aromatic rings. The van der Waals surface area contributed by atoms with E-state index in [1.165, 1.54) is 4.31 Å². The third-order valence-electron chi connectivity index (χ3n) is 1.92. The molecule has 72 valence electrons. The summed E-state index contributed by atoms with van der Waals surface area (Å²) in [5.74, 6) is 0. The topological polar surface area (TPSA) is 59.4 Å². The number of nitrogens with zero attached hydrogens (tertiary/aromatic N) is 2. The zero-order valence-corrected chi connectivity index (χ0v) is 8.36. The molecule has 1 heterocycles. The van der Waals surface area contributed by atoms with Gasteiger partial charge in [-0.25, -0.2) is 17.6 Å². The van der Waals surface area contributed by atoms with Gasteiger partial charge in [-0.2, -0.15) is 0 Å². The molecule has 5 nitrogen and oxygen atoms in total. The fraction of sp³-hybridized carbons (Fsp3) is 1.00. The molecule has 0 aliphatic carbocycles. The lowest BCUT2D eigenvalue weighted by atomic mass is 10.4. The Morgan fingerprint density at radius 1 is 1.42 bits per heavy atom. The summed E-state index contributed by atoms with van der Waals surface area (Å²) < 4.78 is 22.5. The molecule has 0 amide bonds. The van der Waals surface area contributed by atoms with Crippen LogP contribution in [0.1, 0.15) is 0 Å². The summed E-state index contributed by atoms with van der Waals surface area (Å²) in [5, 5.41) is 3.16. The summed E-state index contributed by atoms with van der Waals surface area (Å²) in [4.78, 5) is 0. The molecule has 0 aromatic heterocycles. The minimum absolute atomic E-state index is 0.695. The first-order valence-electron chi connectivity index (χ1n) is 3.97. The number of piperazine rings is 1. The molecule has 0 spiro atoms. The van der Waals surface area contributed by atoms with Crippen LogP contribution in [-0.4, -0.2) is 53.1 Å². The summed E-state index contributed by atoms with van der Waals surface area (Å²) >= 11 is 0. The summed E-state index contributed by atoms with van der Waals surface area (Å²) in [6.07, 6.45) is 0. The lowest BCUT2D eigenvalue weighted by Gasteiger charge is -2.31. The molecule has 0 radical (unpaired) electrons. The number of hydrogen-bond donors (Lipinski definition) is 2. The molecule has 6 heteroatoms. The molecular weight excluding hydrogens is 176 g/mol. The Kier molecular flexibility index (Phi) is 3.05. The predicted molar refractivity (Wildman–Crippen MR) is 49.0 cm³/mol. The molecule has 1 atom stereocenters. The van der Waals surface area contributed by atoms with Gasteiger partial charge in [-0.05, 0) is 0 Å². The number of hydrogen-bond acceptors (Lipinski definition) is 3. The van der Waals surface area contributed by atoms with Crippen molar-refractivity contribution in [2.45, 2.75) is 0 Å². The van der Waals surface area contributed by atoms with E-state index in [1.54, 1.807) is 18.4 Å². The first-order chi connectivity index (χ1) is 5.55. The van der Waals surface area contributed by atoms with Gasteiger partial charge in [0.25, 0.3) is 0 Å². The Balaban J connectivity index is 2.67. The normalized spacial score (nSPS) is 25.6. The fourth-order valence-corrected chi connectivity index (χ4v) is 2.26. The lowest BCUT2D eigenvalue weighted by Crippen LogP contribution is -2.49. The van der Waals surface area contributed by atoms with Crippen LogP contribution < -0.4 is 5.32 Å². The highest BCUT2D eigenvalue weighted by Crippen LogP contribution is 2.05. The second kappa shape index (κ2) is 3.69. The van der Waals surface area contributed by atoms with E-state index in [1.807, 2.05) is 0 Å². The van der Waals surface area contributed by atoms with Crippen LogP contribution >= 0.6 is 0 Å². The molecule has 0 aromatic carbocycles. The Bertz CT molecular complexity index is 230. The summed E-state index contributed by atoms with van der Waals surface area (Å²) in [7, 11) is 0.683. The van der Waals surface area contributed by atoms with Gasteiger partial charge in [-0.15, -0.1) is 0 Å². The highest BCUT2D eigenvalue weighted by Gasteiger charge is 2.21. The van der Waals surface area contributed by atoms with Crippen LogP contribution in [-0.2, 0) is 10.1 Å². The smallest absolute Gasteiger partial charge is 0.174 e. The van der Waals surface area contributed by atoms with Gasteiger partial charge < -0.3 is 5.32 Å². The molecule has 2 N–H and O–H groups in total. The summed E-state index contributed by atoms with van der Waals surface area (Å²) in [6, 6.07) is 0. The van der Waals surface area contributed by atoms with Gasteiger partial charge in [0, 0.05) is 40.3 Å². The van der Waals surface area contributed by atoms with Crippen molar-refractivity contribution in [2.24, 2.45) is 0 Å². The first-order valence-corrected chi connectivity index (χ1v) is 5.44. The van der Waals surface area contributed by atoms with Gasteiger partial charge in [-0.3, -0.25) is 0 Å². The van der Waals surface area contributed by atoms with E-state index in [0.717, 1.165) is 13.1 Å². The molecule has 1 aliphatic heterocycles. The zero-order chi connectivity index (χ0) is 9.19.